The van der Waals surface area contributed by atoms with E-state index in [0.717, 1.165) is 0 Å². The summed E-state index contributed by atoms with van der Waals surface area (Å²) in [6, 6.07) is 9.98. The predicted molar refractivity (Wildman–Crippen MR) is 137 cm³/mol. The normalized spacial score (nSPS) is 20.4. The molecule has 0 aliphatic carbocycles. The Hall–Kier alpha value is -3.79. The molecular weight excluding hydrogens is 494 g/mol. The maximum Gasteiger partial charge on any atom is 0.338 e. The van der Waals surface area contributed by atoms with E-state index in [1.54, 1.807) is 36.9 Å². The number of carbonyl (C=O) groups excluding carboxylic acids is 3. The molecule has 4 rings (SSSR count). The van der Waals surface area contributed by atoms with Gasteiger partial charge in [-0.05, 0) is 45.0 Å². The first-order valence-corrected chi connectivity index (χ1v) is 12.8. The molecule has 202 valence electrons. The molecule has 2 heterocycles. The number of nitrogens with one attached hydrogen (secondary N) is 1. The third-order valence-electron chi connectivity index (χ3n) is 6.88. The molecule has 2 aliphatic rings. The van der Waals surface area contributed by atoms with Gasteiger partial charge in [-0.3, -0.25) is 14.6 Å². The summed E-state index contributed by atoms with van der Waals surface area (Å²) in [6.45, 7) is 7.34. The number of halogens is 2. The van der Waals surface area contributed by atoms with E-state index in [-0.39, 0.29) is 41.8 Å². The molecular formula is C28H32F2N4O4. The smallest absolute Gasteiger partial charge is 0.338 e. The number of nitrogens with zero attached hydrogens (tertiary/aromatic N) is 3. The fourth-order valence-electron chi connectivity index (χ4n) is 5.08. The first-order chi connectivity index (χ1) is 18.2. The molecule has 10 heteroatoms. The molecule has 8 nitrogen and oxygen atoms in total. The van der Waals surface area contributed by atoms with E-state index in [4.69, 9.17) is 4.74 Å². The summed E-state index contributed by atoms with van der Waals surface area (Å²) in [5.41, 5.74) is 1.09. The lowest BCUT2D eigenvalue weighted by atomic mass is 9.93. The Balaban J connectivity index is 1.64. The Bertz CT molecular complexity index is 1250. The monoisotopic (exact) mass is 526 g/mol. The number of piperazine rings is 1. The molecule has 0 aromatic heterocycles. The van der Waals surface area contributed by atoms with Crippen LogP contribution in [0.5, 0.6) is 0 Å². The molecule has 2 aromatic carbocycles. The van der Waals surface area contributed by atoms with Crippen LogP contribution in [0.15, 0.2) is 59.8 Å². The number of hydrogen-bond donors (Lipinski definition) is 1. The van der Waals surface area contributed by atoms with E-state index in [2.05, 4.69) is 5.32 Å². The number of urea groups is 1. The number of rotatable bonds is 7. The first kappa shape index (κ1) is 27.3. The van der Waals surface area contributed by atoms with Gasteiger partial charge in [-0.25, -0.2) is 18.4 Å². The van der Waals surface area contributed by atoms with E-state index in [9.17, 15) is 23.2 Å². The number of ether oxygens (including phenoxy) is 1. The molecule has 0 saturated carbocycles. The largest absolute Gasteiger partial charge is 0.463 e. The van der Waals surface area contributed by atoms with Crippen molar-refractivity contribution in [2.75, 3.05) is 39.3 Å². The van der Waals surface area contributed by atoms with E-state index in [1.807, 2.05) is 11.8 Å². The summed E-state index contributed by atoms with van der Waals surface area (Å²) in [4.78, 5) is 44.5. The summed E-state index contributed by atoms with van der Waals surface area (Å²) in [5.74, 6) is -1.89. The lowest BCUT2D eigenvalue weighted by Crippen LogP contribution is -2.56. The van der Waals surface area contributed by atoms with E-state index in [1.165, 1.54) is 35.2 Å². The van der Waals surface area contributed by atoms with Gasteiger partial charge in [0.15, 0.2) is 0 Å². The lowest BCUT2D eigenvalue weighted by Gasteiger charge is -2.43. The highest BCUT2D eigenvalue weighted by atomic mass is 19.1. The highest BCUT2D eigenvalue weighted by Gasteiger charge is 2.40. The topological polar surface area (TPSA) is 82.2 Å². The Morgan fingerprint density at radius 3 is 2.50 bits per heavy atom. The summed E-state index contributed by atoms with van der Waals surface area (Å²) >= 11 is 0. The number of amides is 3. The molecule has 3 amide bonds. The quantitative estimate of drug-likeness (QED) is 0.557. The Labute approximate surface area is 220 Å². The van der Waals surface area contributed by atoms with Gasteiger partial charge >= 0.3 is 12.0 Å². The number of carbonyl (C=O) groups is 3. The van der Waals surface area contributed by atoms with Gasteiger partial charge in [-0.15, -0.1) is 0 Å². The highest BCUT2D eigenvalue weighted by molar-refractivity contribution is 5.95. The second kappa shape index (κ2) is 11.7. The summed E-state index contributed by atoms with van der Waals surface area (Å²) in [6.07, 6.45) is 0. The van der Waals surface area contributed by atoms with Gasteiger partial charge in [0.05, 0.1) is 18.2 Å². The molecule has 38 heavy (non-hydrogen) atoms. The summed E-state index contributed by atoms with van der Waals surface area (Å²) in [7, 11) is 0. The molecule has 2 aromatic rings. The summed E-state index contributed by atoms with van der Waals surface area (Å²) < 4.78 is 33.8. The minimum atomic E-state index is -1.01. The van der Waals surface area contributed by atoms with Gasteiger partial charge in [-0.1, -0.05) is 24.3 Å². The molecule has 0 spiro atoms. The number of esters is 1. The number of hydrogen-bond acceptors (Lipinski definition) is 5. The molecule has 2 atom stereocenters. The lowest BCUT2D eigenvalue weighted by molar-refractivity contribution is -0.139. The van der Waals surface area contributed by atoms with Crippen LogP contribution in [-0.2, 0) is 9.53 Å². The van der Waals surface area contributed by atoms with Crippen molar-refractivity contribution in [1.29, 1.82) is 0 Å². The van der Waals surface area contributed by atoms with Gasteiger partial charge in [0.2, 0.25) is 0 Å². The SMILES string of the molecule is CCOC(=O)C1=C(CN2CCN(C(=O)c3cccc(F)c3)[C@H](C)C2)N(CC)C(=O)N[C@H]1c1ccccc1F. The first-order valence-electron chi connectivity index (χ1n) is 12.8. The Morgan fingerprint density at radius 2 is 1.84 bits per heavy atom. The molecule has 0 radical (unpaired) electrons. The van der Waals surface area contributed by atoms with Crippen molar-refractivity contribution in [3.63, 3.8) is 0 Å². The second-order valence-corrected chi connectivity index (χ2v) is 9.32. The van der Waals surface area contributed by atoms with Crippen LogP contribution in [-0.4, -0.2) is 78.0 Å². The van der Waals surface area contributed by atoms with Crippen molar-refractivity contribution in [1.82, 2.24) is 20.0 Å². The molecule has 1 N–H and O–H groups in total. The van der Waals surface area contributed by atoms with Crippen LogP contribution in [0.1, 0.15) is 42.7 Å². The van der Waals surface area contributed by atoms with Crippen molar-refractivity contribution >= 4 is 17.9 Å². The van der Waals surface area contributed by atoms with E-state index in [0.29, 0.717) is 31.9 Å². The van der Waals surface area contributed by atoms with Crippen molar-refractivity contribution in [3.05, 3.63) is 82.6 Å². The van der Waals surface area contributed by atoms with Crippen LogP contribution in [0.4, 0.5) is 13.6 Å². The second-order valence-electron chi connectivity index (χ2n) is 9.32. The minimum Gasteiger partial charge on any atom is -0.463 e. The molecule has 0 unspecified atom stereocenters. The van der Waals surface area contributed by atoms with Crippen molar-refractivity contribution in [2.24, 2.45) is 0 Å². The molecule has 2 aliphatic heterocycles. The third kappa shape index (κ3) is 5.55. The Morgan fingerprint density at radius 1 is 1.08 bits per heavy atom. The zero-order valence-electron chi connectivity index (χ0n) is 21.7. The Kier molecular flexibility index (Phi) is 8.41. The zero-order valence-corrected chi connectivity index (χ0v) is 21.7. The van der Waals surface area contributed by atoms with Crippen LogP contribution in [0, 0.1) is 11.6 Å². The zero-order chi connectivity index (χ0) is 27.4. The van der Waals surface area contributed by atoms with Crippen LogP contribution < -0.4 is 5.32 Å². The van der Waals surface area contributed by atoms with Crippen molar-refractivity contribution in [3.8, 4) is 0 Å². The van der Waals surface area contributed by atoms with Crippen LogP contribution >= 0.6 is 0 Å². The standard InChI is InChI=1S/C28H32F2N4O4/c1-4-33-23(17-32-13-14-34(18(3)16-32)26(35)19-9-8-10-20(29)15-19)24(27(36)38-5-2)25(31-28(33)37)21-11-6-7-12-22(21)30/h6-12,15,18,25H,4-5,13-14,16-17H2,1-3H3,(H,31,37)/t18-,25+/m1/s1. The molecule has 1 saturated heterocycles. The molecule has 1 fully saturated rings. The minimum absolute atomic E-state index is 0.123. The fourth-order valence-corrected chi connectivity index (χ4v) is 5.08. The summed E-state index contributed by atoms with van der Waals surface area (Å²) in [5, 5.41) is 2.77. The maximum atomic E-state index is 14.8. The van der Waals surface area contributed by atoms with Crippen LogP contribution in [0.2, 0.25) is 0 Å². The number of likely N-dealkylation sites (N-methyl/N-ethyl adjacent to an activating group) is 1. The fraction of sp³-hybridized carbons (Fsp3) is 0.393. The molecule has 0 bridgehead atoms. The van der Waals surface area contributed by atoms with Gasteiger partial charge < -0.3 is 15.0 Å². The van der Waals surface area contributed by atoms with E-state index < -0.39 is 29.7 Å². The van der Waals surface area contributed by atoms with Gasteiger partial charge in [0.25, 0.3) is 5.91 Å². The van der Waals surface area contributed by atoms with Gasteiger partial charge in [0.1, 0.15) is 11.6 Å². The van der Waals surface area contributed by atoms with Crippen LogP contribution in [0.3, 0.4) is 0 Å². The average Bonchev–Trinajstić information content (AvgIpc) is 2.88. The van der Waals surface area contributed by atoms with Gasteiger partial charge in [0, 0.05) is 55.6 Å². The number of benzene rings is 2. The predicted octanol–water partition coefficient (Wildman–Crippen LogP) is 3.71. The maximum absolute atomic E-state index is 14.8. The van der Waals surface area contributed by atoms with Crippen LogP contribution in [0.25, 0.3) is 0 Å². The van der Waals surface area contributed by atoms with E-state index >= 15 is 0 Å². The van der Waals surface area contributed by atoms with Crippen molar-refractivity contribution in [2.45, 2.75) is 32.9 Å². The van der Waals surface area contributed by atoms with Crippen molar-refractivity contribution < 1.29 is 27.9 Å². The highest BCUT2D eigenvalue weighted by Crippen LogP contribution is 2.33. The third-order valence-corrected chi connectivity index (χ3v) is 6.88. The average molecular weight is 527 g/mol. The van der Waals surface area contributed by atoms with Gasteiger partial charge in [-0.2, -0.15) is 0 Å².